The molecule has 122 valence electrons. The SMILES string of the molecule is CCC1(C(=O)CC2C3CC4CC2CC(C(=O)OC)(C4)C3)CC1. The zero-order valence-corrected chi connectivity index (χ0v) is 13.9. The molecule has 2 unspecified atom stereocenters. The Morgan fingerprint density at radius 3 is 2.23 bits per heavy atom. The van der Waals surface area contributed by atoms with E-state index in [1.807, 2.05) is 0 Å². The maximum Gasteiger partial charge on any atom is 0.311 e. The molecule has 5 rings (SSSR count). The molecule has 5 aliphatic rings. The van der Waals surface area contributed by atoms with Crippen LogP contribution >= 0.6 is 0 Å². The number of ketones is 1. The first-order valence-electron chi connectivity index (χ1n) is 9.14. The Balaban J connectivity index is 1.51. The van der Waals surface area contributed by atoms with E-state index in [1.54, 1.807) is 0 Å². The third kappa shape index (κ3) is 2.00. The van der Waals surface area contributed by atoms with E-state index >= 15 is 0 Å². The summed E-state index contributed by atoms with van der Waals surface area (Å²) in [6.07, 6.45) is 9.49. The molecule has 0 heterocycles. The number of methoxy groups -OCH3 is 1. The molecule has 0 aliphatic heterocycles. The summed E-state index contributed by atoms with van der Waals surface area (Å²) in [5, 5.41) is 0. The smallest absolute Gasteiger partial charge is 0.311 e. The molecule has 0 aromatic heterocycles. The first-order chi connectivity index (χ1) is 10.5. The van der Waals surface area contributed by atoms with Crippen molar-refractivity contribution in [3.63, 3.8) is 0 Å². The Labute approximate surface area is 133 Å². The predicted molar refractivity (Wildman–Crippen MR) is 83.1 cm³/mol. The Morgan fingerprint density at radius 1 is 1.09 bits per heavy atom. The molecule has 0 N–H and O–H groups in total. The molecule has 0 amide bonds. The fraction of sp³-hybridized carbons (Fsp3) is 0.895. The van der Waals surface area contributed by atoms with Crippen LogP contribution in [0.4, 0.5) is 0 Å². The molecular weight excluding hydrogens is 276 g/mol. The van der Waals surface area contributed by atoms with Gasteiger partial charge in [-0.25, -0.2) is 0 Å². The lowest BCUT2D eigenvalue weighted by atomic mass is 9.45. The molecular formula is C19H28O3. The van der Waals surface area contributed by atoms with Crippen LogP contribution in [0.15, 0.2) is 0 Å². The van der Waals surface area contributed by atoms with E-state index < -0.39 is 0 Å². The molecule has 2 atom stereocenters. The number of Topliss-reactive ketones (excluding diaryl/α,β-unsaturated/α-hetero) is 1. The second kappa shape index (κ2) is 4.82. The average Bonchev–Trinajstić information content (AvgIpc) is 3.30. The zero-order valence-electron chi connectivity index (χ0n) is 13.9. The van der Waals surface area contributed by atoms with Gasteiger partial charge in [-0.05, 0) is 75.0 Å². The summed E-state index contributed by atoms with van der Waals surface area (Å²) < 4.78 is 5.13. The molecule has 0 aromatic rings. The topological polar surface area (TPSA) is 43.4 Å². The lowest BCUT2D eigenvalue weighted by Crippen LogP contribution is -2.54. The molecule has 0 saturated heterocycles. The third-order valence-corrected chi connectivity index (χ3v) is 7.63. The van der Waals surface area contributed by atoms with Crippen LogP contribution < -0.4 is 0 Å². The largest absolute Gasteiger partial charge is 0.469 e. The normalized spacial score (nSPS) is 43.9. The molecule has 5 saturated carbocycles. The van der Waals surface area contributed by atoms with Crippen molar-refractivity contribution in [2.75, 3.05) is 7.11 Å². The number of hydrogen-bond acceptors (Lipinski definition) is 3. The van der Waals surface area contributed by atoms with Gasteiger partial charge in [0.05, 0.1) is 12.5 Å². The summed E-state index contributed by atoms with van der Waals surface area (Å²) >= 11 is 0. The highest BCUT2D eigenvalue weighted by molar-refractivity contribution is 5.87. The van der Waals surface area contributed by atoms with Gasteiger partial charge in [0.2, 0.25) is 0 Å². The molecule has 5 fully saturated rings. The minimum absolute atomic E-state index is 0.0175. The summed E-state index contributed by atoms with van der Waals surface area (Å²) in [7, 11) is 1.53. The van der Waals surface area contributed by atoms with Gasteiger partial charge in [0.1, 0.15) is 5.78 Å². The molecule has 22 heavy (non-hydrogen) atoms. The van der Waals surface area contributed by atoms with Crippen molar-refractivity contribution in [2.24, 2.45) is 34.5 Å². The van der Waals surface area contributed by atoms with Crippen molar-refractivity contribution in [3.8, 4) is 0 Å². The van der Waals surface area contributed by atoms with E-state index in [0.29, 0.717) is 29.5 Å². The Kier molecular flexibility index (Phi) is 3.22. The Hall–Kier alpha value is -0.860. The minimum Gasteiger partial charge on any atom is -0.469 e. The Morgan fingerprint density at radius 2 is 1.73 bits per heavy atom. The van der Waals surface area contributed by atoms with Crippen LogP contribution in [0.1, 0.15) is 64.7 Å². The highest BCUT2D eigenvalue weighted by atomic mass is 16.5. The van der Waals surface area contributed by atoms with E-state index in [-0.39, 0.29) is 16.8 Å². The van der Waals surface area contributed by atoms with Gasteiger partial charge >= 0.3 is 5.97 Å². The van der Waals surface area contributed by atoms with Crippen molar-refractivity contribution in [2.45, 2.75) is 64.7 Å². The number of carbonyl (C=O) groups excluding carboxylic acids is 2. The van der Waals surface area contributed by atoms with Crippen molar-refractivity contribution < 1.29 is 14.3 Å². The number of carbonyl (C=O) groups is 2. The van der Waals surface area contributed by atoms with Crippen LogP contribution in [0.25, 0.3) is 0 Å². The number of esters is 1. The highest BCUT2D eigenvalue weighted by Gasteiger charge is 2.60. The van der Waals surface area contributed by atoms with Gasteiger partial charge < -0.3 is 4.74 Å². The van der Waals surface area contributed by atoms with E-state index in [1.165, 1.54) is 20.0 Å². The van der Waals surface area contributed by atoms with Gasteiger partial charge in [-0.2, -0.15) is 0 Å². The number of rotatable bonds is 5. The van der Waals surface area contributed by atoms with Crippen LogP contribution in [0.5, 0.6) is 0 Å². The average molecular weight is 304 g/mol. The van der Waals surface area contributed by atoms with Crippen molar-refractivity contribution in [1.29, 1.82) is 0 Å². The molecule has 3 heteroatoms. The van der Waals surface area contributed by atoms with Gasteiger partial charge in [0.25, 0.3) is 0 Å². The van der Waals surface area contributed by atoms with Crippen LogP contribution in [0, 0.1) is 34.5 Å². The molecule has 0 spiro atoms. The monoisotopic (exact) mass is 304 g/mol. The predicted octanol–water partition coefficient (Wildman–Crippen LogP) is 3.75. The first-order valence-corrected chi connectivity index (χ1v) is 9.14. The van der Waals surface area contributed by atoms with Crippen molar-refractivity contribution >= 4 is 11.8 Å². The molecule has 0 radical (unpaired) electrons. The van der Waals surface area contributed by atoms with Crippen LogP contribution in [-0.4, -0.2) is 18.9 Å². The lowest BCUT2D eigenvalue weighted by Gasteiger charge is -2.58. The highest BCUT2D eigenvalue weighted by Crippen LogP contribution is 2.64. The maximum absolute atomic E-state index is 12.7. The zero-order chi connectivity index (χ0) is 15.5. The van der Waals surface area contributed by atoms with Gasteiger partial charge in [-0.1, -0.05) is 6.92 Å². The molecule has 4 bridgehead atoms. The van der Waals surface area contributed by atoms with Gasteiger partial charge in [0, 0.05) is 11.8 Å². The first kappa shape index (κ1) is 14.7. The fourth-order valence-electron chi connectivity index (χ4n) is 6.34. The quantitative estimate of drug-likeness (QED) is 0.727. The van der Waals surface area contributed by atoms with Crippen molar-refractivity contribution in [3.05, 3.63) is 0 Å². The van der Waals surface area contributed by atoms with E-state index in [4.69, 9.17) is 4.74 Å². The van der Waals surface area contributed by atoms with Gasteiger partial charge in [0.15, 0.2) is 0 Å². The fourth-order valence-corrected chi connectivity index (χ4v) is 6.34. The van der Waals surface area contributed by atoms with E-state index in [2.05, 4.69) is 6.92 Å². The van der Waals surface area contributed by atoms with E-state index in [0.717, 1.165) is 44.9 Å². The summed E-state index contributed by atoms with van der Waals surface area (Å²) in [5.74, 6) is 2.96. The minimum atomic E-state index is -0.202. The Bertz CT molecular complexity index is 489. The standard InChI is InChI=1S/C19H28O3/c1-3-18(4-5-18)16(20)8-15-13-6-12-7-14(15)11-19(9-12,10-13)17(21)22-2/h12-15H,3-11H2,1-2H3. The van der Waals surface area contributed by atoms with Gasteiger partial charge in [-0.3, -0.25) is 9.59 Å². The summed E-state index contributed by atoms with van der Waals surface area (Å²) in [6, 6.07) is 0. The lowest BCUT2D eigenvalue weighted by molar-refractivity contribution is -0.175. The number of ether oxygens (including phenoxy) is 1. The summed E-state index contributed by atoms with van der Waals surface area (Å²) in [5.41, 5.74) is -0.151. The molecule has 3 nitrogen and oxygen atoms in total. The third-order valence-electron chi connectivity index (χ3n) is 7.63. The second-order valence-electron chi connectivity index (χ2n) is 8.67. The van der Waals surface area contributed by atoms with Crippen LogP contribution in [-0.2, 0) is 14.3 Å². The second-order valence-corrected chi connectivity index (χ2v) is 8.67. The summed E-state index contributed by atoms with van der Waals surface area (Å²) in [4.78, 5) is 25.0. The van der Waals surface area contributed by atoms with Gasteiger partial charge in [-0.15, -0.1) is 0 Å². The molecule has 5 aliphatic carbocycles. The molecule has 0 aromatic carbocycles. The number of hydrogen-bond donors (Lipinski definition) is 0. The van der Waals surface area contributed by atoms with Crippen molar-refractivity contribution in [1.82, 2.24) is 0 Å². The maximum atomic E-state index is 12.7. The summed E-state index contributed by atoms with van der Waals surface area (Å²) in [6.45, 7) is 2.16. The van der Waals surface area contributed by atoms with Crippen LogP contribution in [0.2, 0.25) is 0 Å². The van der Waals surface area contributed by atoms with Crippen LogP contribution in [0.3, 0.4) is 0 Å². The van der Waals surface area contributed by atoms with E-state index in [9.17, 15) is 9.59 Å².